The molecule has 0 aromatic heterocycles. The van der Waals surface area contributed by atoms with E-state index >= 15 is 0 Å². The van der Waals surface area contributed by atoms with Crippen molar-refractivity contribution in [1.82, 2.24) is 10.6 Å². The lowest BCUT2D eigenvalue weighted by Gasteiger charge is -2.17. The van der Waals surface area contributed by atoms with Crippen LogP contribution in [0.3, 0.4) is 0 Å². The summed E-state index contributed by atoms with van der Waals surface area (Å²) in [5.74, 6) is 0.522. The second-order valence-electron chi connectivity index (χ2n) is 4.76. The van der Waals surface area contributed by atoms with Gasteiger partial charge < -0.3 is 15.4 Å². The van der Waals surface area contributed by atoms with Gasteiger partial charge in [-0.1, -0.05) is 6.07 Å². The second kappa shape index (κ2) is 9.73. The number of halogens is 2. The van der Waals surface area contributed by atoms with Gasteiger partial charge in [-0.15, -0.1) is 0 Å². The van der Waals surface area contributed by atoms with Gasteiger partial charge in [0, 0.05) is 26.2 Å². The van der Waals surface area contributed by atoms with Crippen molar-refractivity contribution in [3.63, 3.8) is 0 Å². The molecule has 1 rings (SSSR count). The van der Waals surface area contributed by atoms with Gasteiger partial charge >= 0.3 is 0 Å². The lowest BCUT2D eigenvalue weighted by molar-refractivity contribution is 0.179. The van der Waals surface area contributed by atoms with E-state index in [1.165, 1.54) is 6.07 Å². The van der Waals surface area contributed by atoms with Crippen molar-refractivity contribution in [3.05, 3.63) is 34.1 Å². The van der Waals surface area contributed by atoms with Crippen molar-refractivity contribution in [3.8, 4) is 0 Å². The molecule has 2 N–H and O–H groups in total. The van der Waals surface area contributed by atoms with Gasteiger partial charge in [0.05, 0.1) is 11.1 Å². The van der Waals surface area contributed by atoms with Gasteiger partial charge in [0.15, 0.2) is 5.96 Å². The number of nitrogens with zero attached hydrogens (tertiary/aromatic N) is 1. The Bertz CT molecular complexity index is 468. The number of rotatable bonds is 7. The second-order valence-corrected chi connectivity index (χ2v) is 5.61. The summed E-state index contributed by atoms with van der Waals surface area (Å²) in [6, 6.07) is 5.22. The van der Waals surface area contributed by atoms with Crippen molar-refractivity contribution in [1.29, 1.82) is 0 Å². The summed E-state index contributed by atoms with van der Waals surface area (Å²) in [4.78, 5) is 4.51. The Balaban J connectivity index is 2.54. The van der Waals surface area contributed by atoms with Crippen LogP contribution in [0.4, 0.5) is 4.39 Å². The highest BCUT2D eigenvalue weighted by Gasteiger charge is 2.04. The number of nitrogens with one attached hydrogen (secondary N) is 2. The van der Waals surface area contributed by atoms with Crippen LogP contribution in [0, 0.1) is 5.82 Å². The van der Waals surface area contributed by atoms with E-state index in [0.29, 0.717) is 17.6 Å². The Morgan fingerprint density at radius 2 is 2.24 bits per heavy atom. The fourth-order valence-corrected chi connectivity index (χ4v) is 2.26. The first-order valence-corrected chi connectivity index (χ1v) is 7.83. The molecule has 0 heterocycles. The van der Waals surface area contributed by atoms with Crippen LogP contribution in [-0.2, 0) is 11.2 Å². The Labute approximate surface area is 134 Å². The Morgan fingerprint density at radius 1 is 1.48 bits per heavy atom. The third-order valence-corrected chi connectivity index (χ3v) is 3.41. The maximum absolute atomic E-state index is 13.2. The van der Waals surface area contributed by atoms with Gasteiger partial charge in [-0.25, -0.2) is 4.39 Å². The molecule has 118 valence electrons. The zero-order chi connectivity index (χ0) is 15.7. The fourth-order valence-electron chi connectivity index (χ4n) is 1.84. The summed E-state index contributed by atoms with van der Waals surface area (Å²) >= 11 is 3.19. The van der Waals surface area contributed by atoms with E-state index in [2.05, 4.69) is 31.6 Å². The zero-order valence-corrected chi connectivity index (χ0v) is 14.3. The van der Waals surface area contributed by atoms with Crippen LogP contribution in [0.1, 0.15) is 19.4 Å². The predicted molar refractivity (Wildman–Crippen MR) is 88.3 cm³/mol. The van der Waals surface area contributed by atoms with Gasteiger partial charge in [0.25, 0.3) is 0 Å². The van der Waals surface area contributed by atoms with Crippen molar-refractivity contribution in [2.24, 2.45) is 4.99 Å². The predicted octanol–water partition coefficient (Wildman–Crippen LogP) is 2.72. The summed E-state index contributed by atoms with van der Waals surface area (Å²) in [5, 5.41) is 6.46. The average molecular weight is 360 g/mol. The van der Waals surface area contributed by atoms with Crippen LogP contribution in [0.2, 0.25) is 0 Å². The molecule has 1 atom stereocenters. The largest absolute Gasteiger partial charge is 0.383 e. The standard InChI is InChI=1S/C15H23BrFN3O/c1-4-18-15(20-11(2)10-21-3)19-8-7-12-5-6-14(17)13(16)9-12/h5-6,9,11H,4,7-8,10H2,1-3H3,(H2,18,19,20). The molecule has 0 fully saturated rings. The first kappa shape index (κ1) is 17.9. The van der Waals surface area contributed by atoms with E-state index in [9.17, 15) is 4.39 Å². The Kier molecular flexibility index (Phi) is 8.30. The molecule has 0 radical (unpaired) electrons. The molecule has 0 spiro atoms. The average Bonchev–Trinajstić information content (AvgIpc) is 2.43. The van der Waals surface area contributed by atoms with Crippen molar-refractivity contribution >= 4 is 21.9 Å². The highest BCUT2D eigenvalue weighted by Crippen LogP contribution is 2.17. The van der Waals surface area contributed by atoms with Crippen LogP contribution < -0.4 is 10.6 Å². The molecule has 4 nitrogen and oxygen atoms in total. The summed E-state index contributed by atoms with van der Waals surface area (Å²) in [6.45, 7) is 6.11. The SMILES string of the molecule is CCNC(=NCCc1ccc(F)c(Br)c1)NC(C)COC. The van der Waals surface area contributed by atoms with Crippen molar-refractivity contribution in [2.45, 2.75) is 26.3 Å². The van der Waals surface area contributed by atoms with E-state index in [-0.39, 0.29) is 11.9 Å². The van der Waals surface area contributed by atoms with Crippen LogP contribution in [0.15, 0.2) is 27.7 Å². The maximum Gasteiger partial charge on any atom is 0.191 e. The van der Waals surface area contributed by atoms with Gasteiger partial charge in [-0.3, -0.25) is 4.99 Å². The molecule has 0 amide bonds. The van der Waals surface area contributed by atoms with Gasteiger partial charge in [0.2, 0.25) is 0 Å². The van der Waals surface area contributed by atoms with Gasteiger partial charge in [0.1, 0.15) is 5.82 Å². The Morgan fingerprint density at radius 3 is 2.86 bits per heavy atom. The number of hydrogen-bond acceptors (Lipinski definition) is 2. The van der Waals surface area contributed by atoms with Crippen molar-refractivity contribution in [2.75, 3.05) is 26.8 Å². The summed E-state index contributed by atoms with van der Waals surface area (Å²) in [6.07, 6.45) is 0.758. The monoisotopic (exact) mass is 359 g/mol. The molecular weight excluding hydrogens is 337 g/mol. The fraction of sp³-hybridized carbons (Fsp3) is 0.533. The number of aliphatic imine (C=N–C) groups is 1. The van der Waals surface area contributed by atoms with Crippen LogP contribution in [0.5, 0.6) is 0 Å². The Hall–Kier alpha value is -1.14. The quantitative estimate of drug-likeness (QED) is 0.581. The number of guanidine groups is 1. The van der Waals surface area contributed by atoms with Gasteiger partial charge in [-0.05, 0) is 53.9 Å². The molecule has 0 aliphatic rings. The highest BCUT2D eigenvalue weighted by atomic mass is 79.9. The van der Waals surface area contributed by atoms with Gasteiger partial charge in [-0.2, -0.15) is 0 Å². The molecule has 1 aromatic carbocycles. The smallest absolute Gasteiger partial charge is 0.191 e. The molecule has 1 unspecified atom stereocenters. The van der Waals surface area contributed by atoms with E-state index in [4.69, 9.17) is 4.74 Å². The molecule has 1 aromatic rings. The third kappa shape index (κ3) is 6.91. The van der Waals surface area contributed by atoms with E-state index in [1.54, 1.807) is 19.2 Å². The first-order valence-electron chi connectivity index (χ1n) is 7.04. The third-order valence-electron chi connectivity index (χ3n) is 2.80. The van der Waals surface area contributed by atoms with E-state index in [0.717, 1.165) is 24.5 Å². The molecule has 0 aliphatic carbocycles. The van der Waals surface area contributed by atoms with Crippen LogP contribution in [0.25, 0.3) is 0 Å². The van der Waals surface area contributed by atoms with E-state index < -0.39 is 0 Å². The lowest BCUT2D eigenvalue weighted by Crippen LogP contribution is -2.44. The minimum absolute atomic E-state index is 0.188. The normalized spacial score (nSPS) is 13.1. The minimum Gasteiger partial charge on any atom is -0.383 e. The molecule has 21 heavy (non-hydrogen) atoms. The molecule has 6 heteroatoms. The summed E-state index contributed by atoms with van der Waals surface area (Å²) in [7, 11) is 1.68. The molecule has 0 aliphatic heterocycles. The number of ether oxygens (including phenoxy) is 1. The lowest BCUT2D eigenvalue weighted by atomic mass is 10.1. The molecular formula is C15H23BrFN3O. The molecule has 0 bridgehead atoms. The van der Waals surface area contributed by atoms with Crippen LogP contribution in [-0.4, -0.2) is 38.8 Å². The van der Waals surface area contributed by atoms with E-state index in [1.807, 2.05) is 13.8 Å². The zero-order valence-electron chi connectivity index (χ0n) is 12.7. The highest BCUT2D eigenvalue weighted by molar-refractivity contribution is 9.10. The summed E-state index contributed by atoms with van der Waals surface area (Å²) < 4.78 is 18.7. The number of hydrogen-bond donors (Lipinski definition) is 2. The summed E-state index contributed by atoms with van der Waals surface area (Å²) in [5.41, 5.74) is 1.05. The topological polar surface area (TPSA) is 45.7 Å². The van der Waals surface area contributed by atoms with Crippen LogP contribution >= 0.6 is 15.9 Å². The minimum atomic E-state index is -0.245. The molecule has 0 saturated heterocycles. The first-order chi connectivity index (χ1) is 10.1. The number of benzene rings is 1. The maximum atomic E-state index is 13.2. The molecule has 0 saturated carbocycles. The van der Waals surface area contributed by atoms with Crippen molar-refractivity contribution < 1.29 is 9.13 Å². The number of methoxy groups -OCH3 is 1.